The van der Waals surface area contributed by atoms with E-state index in [1.165, 1.54) is 26.4 Å². The van der Waals surface area contributed by atoms with Gasteiger partial charge in [-0.1, -0.05) is 0 Å². The van der Waals surface area contributed by atoms with Crippen molar-refractivity contribution in [3.63, 3.8) is 0 Å². The molecular weight excluding hydrogens is 380 g/mol. The number of esters is 1. The topological polar surface area (TPSA) is 82.1 Å². The minimum atomic E-state index is -0.537. The molecule has 2 aromatic carbocycles. The lowest BCUT2D eigenvalue weighted by molar-refractivity contribution is 0.0601. The number of fused-ring (bicyclic) bond motifs is 3. The number of aldehydes is 1. The Kier molecular flexibility index (Phi) is 4.52. The number of hydrogen-bond donors (Lipinski definition) is 1. The normalized spacial score (nSPS) is 11.8. The number of methoxy groups -OCH3 is 2. The number of carbonyl (C=O) groups excluding carboxylic acids is 2. The molecule has 3 aromatic rings. The Morgan fingerprint density at radius 3 is 2.71 bits per heavy atom. The highest BCUT2D eigenvalue weighted by Gasteiger charge is 2.25. The summed E-state index contributed by atoms with van der Waals surface area (Å²) in [7, 11) is 2.71. The van der Waals surface area contributed by atoms with Gasteiger partial charge in [0.1, 0.15) is 12.4 Å². The molecule has 0 saturated carbocycles. The Morgan fingerprint density at radius 2 is 2.00 bits per heavy atom. The second-order valence-corrected chi connectivity index (χ2v) is 7.09. The average Bonchev–Trinajstić information content (AvgIpc) is 3.21. The van der Waals surface area contributed by atoms with Gasteiger partial charge in [-0.05, 0) is 41.3 Å². The molecule has 0 amide bonds. The molecule has 1 N–H and O–H groups in total. The third kappa shape index (κ3) is 2.80. The fraction of sp³-hybridized carbons (Fsp3) is 0.143. The summed E-state index contributed by atoms with van der Waals surface area (Å²) >= 11 is 1.57. The van der Waals surface area contributed by atoms with Crippen LogP contribution in [-0.4, -0.2) is 31.6 Å². The van der Waals surface area contributed by atoms with Crippen LogP contribution in [0.15, 0.2) is 35.7 Å². The van der Waals surface area contributed by atoms with E-state index < -0.39 is 5.97 Å². The summed E-state index contributed by atoms with van der Waals surface area (Å²) in [6.07, 6.45) is 0.618. The van der Waals surface area contributed by atoms with E-state index in [0.29, 0.717) is 35.3 Å². The van der Waals surface area contributed by atoms with Crippen LogP contribution in [0.2, 0.25) is 0 Å². The minimum Gasteiger partial charge on any atom is -0.504 e. The van der Waals surface area contributed by atoms with E-state index in [0.717, 1.165) is 16.0 Å². The molecule has 6 nitrogen and oxygen atoms in total. The number of rotatable bonds is 4. The van der Waals surface area contributed by atoms with Crippen molar-refractivity contribution in [1.29, 1.82) is 0 Å². The highest BCUT2D eigenvalue weighted by atomic mass is 32.1. The average molecular weight is 396 g/mol. The molecule has 1 aromatic heterocycles. The van der Waals surface area contributed by atoms with Crippen LogP contribution in [0.5, 0.6) is 17.2 Å². The SMILES string of the molecule is COC(=O)c1cc2c(cc1-c1cc(OC)c(O)cc1C=O)OCc1ccsc1-2. The van der Waals surface area contributed by atoms with Crippen LogP contribution in [0.3, 0.4) is 0 Å². The molecule has 0 radical (unpaired) electrons. The van der Waals surface area contributed by atoms with Gasteiger partial charge in [0.25, 0.3) is 0 Å². The van der Waals surface area contributed by atoms with Crippen LogP contribution in [0, 0.1) is 0 Å². The quantitative estimate of drug-likeness (QED) is 0.523. The van der Waals surface area contributed by atoms with Crippen molar-refractivity contribution in [1.82, 2.24) is 0 Å². The van der Waals surface area contributed by atoms with Gasteiger partial charge in [-0.25, -0.2) is 4.79 Å². The van der Waals surface area contributed by atoms with Crippen LogP contribution >= 0.6 is 11.3 Å². The number of phenolic OH excluding ortho intramolecular Hbond substituents is 1. The van der Waals surface area contributed by atoms with E-state index in [1.54, 1.807) is 23.5 Å². The van der Waals surface area contributed by atoms with Crippen LogP contribution in [0.4, 0.5) is 0 Å². The van der Waals surface area contributed by atoms with Gasteiger partial charge in [-0.2, -0.15) is 0 Å². The summed E-state index contributed by atoms with van der Waals surface area (Å²) in [5.41, 5.74) is 3.28. The number of thiophene rings is 1. The van der Waals surface area contributed by atoms with Crippen LogP contribution in [0.25, 0.3) is 21.6 Å². The fourth-order valence-electron chi connectivity index (χ4n) is 3.30. The van der Waals surface area contributed by atoms with Gasteiger partial charge in [-0.3, -0.25) is 4.79 Å². The van der Waals surface area contributed by atoms with Crippen molar-refractivity contribution in [3.8, 4) is 38.8 Å². The largest absolute Gasteiger partial charge is 0.504 e. The first kappa shape index (κ1) is 18.1. The molecule has 28 heavy (non-hydrogen) atoms. The zero-order valence-corrected chi connectivity index (χ0v) is 16.0. The van der Waals surface area contributed by atoms with Gasteiger partial charge in [0, 0.05) is 27.1 Å². The van der Waals surface area contributed by atoms with Gasteiger partial charge < -0.3 is 19.3 Å². The first-order chi connectivity index (χ1) is 13.6. The van der Waals surface area contributed by atoms with Gasteiger partial charge in [0.2, 0.25) is 0 Å². The molecule has 0 spiro atoms. The number of aromatic hydroxyl groups is 1. The Morgan fingerprint density at radius 1 is 1.18 bits per heavy atom. The Balaban J connectivity index is 2.01. The van der Waals surface area contributed by atoms with Crippen molar-refractivity contribution >= 4 is 23.6 Å². The molecule has 2 heterocycles. The van der Waals surface area contributed by atoms with Crippen LogP contribution in [-0.2, 0) is 11.3 Å². The highest BCUT2D eigenvalue weighted by Crippen LogP contribution is 2.45. The number of phenols is 1. The van der Waals surface area contributed by atoms with Gasteiger partial charge >= 0.3 is 5.97 Å². The van der Waals surface area contributed by atoms with Gasteiger partial charge in [0.05, 0.1) is 19.8 Å². The van der Waals surface area contributed by atoms with E-state index in [-0.39, 0.29) is 17.1 Å². The molecule has 0 aliphatic carbocycles. The van der Waals surface area contributed by atoms with E-state index in [4.69, 9.17) is 14.2 Å². The summed E-state index contributed by atoms with van der Waals surface area (Å²) in [4.78, 5) is 25.2. The van der Waals surface area contributed by atoms with Crippen molar-refractivity contribution in [2.45, 2.75) is 6.61 Å². The Labute approximate surface area is 164 Å². The summed E-state index contributed by atoms with van der Waals surface area (Å²) in [6.45, 7) is 0.433. The molecule has 0 unspecified atom stereocenters. The summed E-state index contributed by atoms with van der Waals surface area (Å²) in [5, 5.41) is 12.0. The second kappa shape index (κ2) is 7.01. The maximum atomic E-state index is 12.5. The van der Waals surface area contributed by atoms with Crippen molar-refractivity contribution in [3.05, 3.63) is 52.4 Å². The third-order valence-corrected chi connectivity index (χ3v) is 5.66. The summed E-state index contributed by atoms with van der Waals surface area (Å²) in [5.74, 6) is 0.105. The molecule has 0 fully saturated rings. The predicted octanol–water partition coefficient (Wildman–Crippen LogP) is 4.29. The first-order valence-corrected chi connectivity index (χ1v) is 9.27. The van der Waals surface area contributed by atoms with E-state index in [2.05, 4.69) is 0 Å². The zero-order valence-electron chi connectivity index (χ0n) is 15.1. The van der Waals surface area contributed by atoms with Crippen molar-refractivity contribution < 1.29 is 28.9 Å². The number of hydrogen-bond acceptors (Lipinski definition) is 7. The van der Waals surface area contributed by atoms with Crippen LogP contribution < -0.4 is 9.47 Å². The highest BCUT2D eigenvalue weighted by molar-refractivity contribution is 7.13. The molecule has 0 bridgehead atoms. The number of ether oxygens (including phenoxy) is 3. The fourth-order valence-corrected chi connectivity index (χ4v) is 4.23. The molecule has 4 rings (SSSR count). The second-order valence-electron chi connectivity index (χ2n) is 6.18. The monoisotopic (exact) mass is 396 g/mol. The van der Waals surface area contributed by atoms with Crippen molar-refractivity contribution in [2.24, 2.45) is 0 Å². The zero-order chi connectivity index (χ0) is 19.8. The molecule has 1 aliphatic heterocycles. The van der Waals surface area contributed by atoms with E-state index in [1.807, 2.05) is 11.4 Å². The smallest absolute Gasteiger partial charge is 0.338 e. The standard InChI is InChI=1S/C21H16O6S/c1-25-19-7-13(12(9-22)5-17(19)23)14-8-18-16(6-15(14)21(24)26-2)20-11(10-27-18)3-4-28-20/h3-9,23H,10H2,1-2H3. The summed E-state index contributed by atoms with van der Waals surface area (Å²) < 4.78 is 16.0. The molecule has 0 atom stereocenters. The Hall–Kier alpha value is -3.32. The predicted molar refractivity (Wildman–Crippen MR) is 104 cm³/mol. The first-order valence-electron chi connectivity index (χ1n) is 8.39. The molecular formula is C21H16O6S. The third-order valence-electron chi connectivity index (χ3n) is 4.67. The lowest BCUT2D eigenvalue weighted by Crippen LogP contribution is -2.09. The number of benzene rings is 2. The molecule has 7 heteroatoms. The minimum absolute atomic E-state index is 0.162. The molecule has 142 valence electrons. The maximum absolute atomic E-state index is 12.5. The Bertz CT molecular complexity index is 1100. The lowest BCUT2D eigenvalue weighted by atomic mass is 9.92. The lowest BCUT2D eigenvalue weighted by Gasteiger charge is -2.21. The van der Waals surface area contributed by atoms with Crippen LogP contribution in [0.1, 0.15) is 26.3 Å². The van der Waals surface area contributed by atoms with Gasteiger partial charge in [-0.15, -0.1) is 11.3 Å². The van der Waals surface area contributed by atoms with Gasteiger partial charge in [0.15, 0.2) is 17.8 Å². The molecule has 0 saturated heterocycles. The molecule has 1 aliphatic rings. The van der Waals surface area contributed by atoms with Crippen molar-refractivity contribution in [2.75, 3.05) is 14.2 Å². The van der Waals surface area contributed by atoms with E-state index >= 15 is 0 Å². The maximum Gasteiger partial charge on any atom is 0.338 e. The summed E-state index contributed by atoms with van der Waals surface area (Å²) in [6, 6.07) is 8.26. The number of carbonyl (C=O) groups is 2. The van der Waals surface area contributed by atoms with E-state index in [9.17, 15) is 14.7 Å².